The number of ketones is 2. The summed E-state index contributed by atoms with van der Waals surface area (Å²) in [4.78, 5) is 80.6. The number of hydrogen-bond donors (Lipinski definition) is 5. The average molecular weight is 869 g/mol. The molecule has 13 nitrogen and oxygen atoms in total. The van der Waals surface area contributed by atoms with Crippen LogP contribution >= 0.6 is 0 Å². The average Bonchev–Trinajstić information content (AvgIpc) is 3.82. The lowest BCUT2D eigenvalue weighted by Gasteiger charge is -2.46. The molecule has 1 unspecified atom stereocenters. The maximum atomic E-state index is 15.7. The van der Waals surface area contributed by atoms with Gasteiger partial charge in [0.25, 0.3) is 5.91 Å². The Morgan fingerprint density at radius 2 is 1.37 bits per heavy atom. The summed E-state index contributed by atoms with van der Waals surface area (Å²) in [5.74, 6) is -3.25. The van der Waals surface area contributed by atoms with Crippen molar-refractivity contribution in [3.05, 3.63) is 71.8 Å². The van der Waals surface area contributed by atoms with E-state index >= 15 is 14.4 Å². The Kier molecular flexibility index (Phi) is 18.3. The number of Topliss-reactive ketones (excluding diaryl/α,β-unsaturated/α-hetero) is 2. The maximum Gasteiger partial charge on any atom is 0.251 e. The normalized spacial score (nSPS) is 22.1. The zero-order valence-corrected chi connectivity index (χ0v) is 37.9. The zero-order valence-electron chi connectivity index (χ0n) is 37.9. The molecule has 2 aromatic rings. The van der Waals surface area contributed by atoms with Crippen molar-refractivity contribution in [1.29, 1.82) is 0 Å². The summed E-state index contributed by atoms with van der Waals surface area (Å²) >= 11 is 0. The molecule has 0 radical (unpaired) electrons. The predicted molar refractivity (Wildman–Crippen MR) is 247 cm³/mol. The van der Waals surface area contributed by atoms with Gasteiger partial charge in [-0.25, -0.2) is 0 Å². The third-order valence-corrected chi connectivity index (χ3v) is 14.6. The van der Waals surface area contributed by atoms with Crippen LogP contribution in [0.2, 0.25) is 0 Å². The van der Waals surface area contributed by atoms with Crippen LogP contribution < -0.4 is 27.8 Å². The summed E-state index contributed by atoms with van der Waals surface area (Å²) in [5, 5.41) is 6.17. The predicted octanol–water partition coefficient (Wildman–Crippen LogP) is 4.10. The van der Waals surface area contributed by atoms with Gasteiger partial charge in [-0.1, -0.05) is 112 Å². The van der Waals surface area contributed by atoms with Crippen LogP contribution in [0.1, 0.15) is 114 Å². The largest absolute Gasteiger partial charge is 0.343 e. The first kappa shape index (κ1) is 48.4. The molecule has 4 aliphatic rings. The number of unbranched alkanes of at least 4 members (excludes halogenated alkanes) is 1. The zero-order chi connectivity index (χ0) is 44.8. The number of rotatable bonds is 21. The van der Waals surface area contributed by atoms with Gasteiger partial charge in [0.1, 0.15) is 6.04 Å². The Morgan fingerprint density at radius 1 is 0.746 bits per heavy atom. The monoisotopic (exact) mass is 869 g/mol. The van der Waals surface area contributed by atoms with Crippen LogP contribution in [0.4, 0.5) is 0 Å². The van der Waals surface area contributed by atoms with Crippen molar-refractivity contribution in [3.8, 4) is 0 Å². The highest BCUT2D eigenvalue weighted by Gasteiger charge is 2.59. The van der Waals surface area contributed by atoms with E-state index in [9.17, 15) is 9.59 Å². The molecule has 6 rings (SSSR count). The highest BCUT2D eigenvalue weighted by molar-refractivity contribution is 6.16. The molecule has 0 bridgehead atoms. The standard InChI is InChI=1S/C50H76N8O5/c1-54-42(34-37-19-8-3-9-20-37)47(61)55-41(25-14-15-27-51)48(62)58-28-16-26-43(58)45(59)44(39-23-12-5-13-24-39)50(53,46(60)40(52)33-36-17-6-2-7-18-36)49(63)57-31-29-56(30-32-57)35-38-21-10-4-11-22-38/h3-4,8-11,19-22,36,39-44,54H,2,5-7,12-18,23-35,51-53H2,1H3,(H,55,61)/t40-,41+,42+,43+,44?,50+/m1/s1. The van der Waals surface area contributed by atoms with Gasteiger partial charge in [0.05, 0.1) is 24.0 Å². The third kappa shape index (κ3) is 12.4. The van der Waals surface area contributed by atoms with Crippen LogP contribution in [-0.2, 0) is 36.9 Å². The van der Waals surface area contributed by atoms with Crippen molar-refractivity contribution in [3.63, 3.8) is 0 Å². The number of hydrogen-bond acceptors (Lipinski definition) is 10. The SMILES string of the molecule is CN[C@@H](Cc1ccccc1)C(=O)N[C@@H](CCCCN)C(=O)N1CCC[C@H]1C(=O)C(C1CCCCC1)[C@](N)(C(=O)[C@H](N)CC1CCCCC1)C(=O)N1CCN(Cc2ccccc2)CC1. The fourth-order valence-electron chi connectivity index (χ4n) is 11.0. The number of piperazine rings is 1. The van der Waals surface area contributed by atoms with E-state index in [1.54, 1.807) is 16.8 Å². The Bertz CT molecular complexity index is 1780. The van der Waals surface area contributed by atoms with Gasteiger partial charge < -0.3 is 37.6 Å². The van der Waals surface area contributed by atoms with Gasteiger partial charge in [-0.05, 0) is 94.3 Å². The summed E-state index contributed by atoms with van der Waals surface area (Å²) in [7, 11) is 1.73. The molecule has 0 spiro atoms. The van der Waals surface area contributed by atoms with E-state index in [0.717, 1.165) is 63.5 Å². The first-order valence-electron chi connectivity index (χ1n) is 24.2. The minimum absolute atomic E-state index is 0.256. The van der Waals surface area contributed by atoms with E-state index in [4.69, 9.17) is 17.2 Å². The van der Waals surface area contributed by atoms with Gasteiger partial charge in [0.15, 0.2) is 17.1 Å². The van der Waals surface area contributed by atoms with Crippen molar-refractivity contribution >= 4 is 29.3 Å². The second-order valence-corrected chi connectivity index (χ2v) is 19.0. The number of carbonyl (C=O) groups excluding carboxylic acids is 5. The quantitative estimate of drug-likeness (QED) is 0.0901. The number of nitrogens with one attached hydrogen (secondary N) is 2. The number of amides is 3. The van der Waals surface area contributed by atoms with E-state index in [1.165, 1.54) is 5.56 Å². The number of nitrogens with zero attached hydrogens (tertiary/aromatic N) is 3. The molecule has 2 aromatic carbocycles. The fraction of sp³-hybridized carbons (Fsp3) is 0.660. The second kappa shape index (κ2) is 23.8. The lowest BCUT2D eigenvalue weighted by atomic mass is 9.63. The van der Waals surface area contributed by atoms with Crippen LogP contribution in [0.5, 0.6) is 0 Å². The highest BCUT2D eigenvalue weighted by Crippen LogP contribution is 2.41. The van der Waals surface area contributed by atoms with Crippen molar-refractivity contribution in [1.82, 2.24) is 25.3 Å². The molecule has 6 atom stereocenters. The number of likely N-dealkylation sites (tertiary alicyclic amines) is 1. The van der Waals surface area contributed by atoms with E-state index < -0.39 is 47.3 Å². The van der Waals surface area contributed by atoms with Crippen LogP contribution in [0.25, 0.3) is 0 Å². The van der Waals surface area contributed by atoms with Gasteiger partial charge in [-0.3, -0.25) is 28.9 Å². The topological polar surface area (TPSA) is 197 Å². The molecule has 13 heteroatoms. The Labute approximate surface area is 376 Å². The molecule has 2 aliphatic carbocycles. The minimum Gasteiger partial charge on any atom is -0.343 e. The molecule has 4 fully saturated rings. The third-order valence-electron chi connectivity index (χ3n) is 14.6. The van der Waals surface area contributed by atoms with Crippen molar-refractivity contribution < 1.29 is 24.0 Å². The van der Waals surface area contributed by atoms with Gasteiger partial charge >= 0.3 is 0 Å². The number of benzene rings is 2. The van der Waals surface area contributed by atoms with Crippen molar-refractivity contribution in [2.24, 2.45) is 35.0 Å². The Morgan fingerprint density at radius 3 is 1.98 bits per heavy atom. The summed E-state index contributed by atoms with van der Waals surface area (Å²) in [6.07, 6.45) is 12.8. The molecule has 63 heavy (non-hydrogen) atoms. The van der Waals surface area contributed by atoms with Crippen LogP contribution in [0.3, 0.4) is 0 Å². The summed E-state index contributed by atoms with van der Waals surface area (Å²) in [6, 6.07) is 16.6. The molecular weight excluding hydrogens is 793 g/mol. The van der Waals surface area contributed by atoms with Gasteiger partial charge in [-0.15, -0.1) is 0 Å². The lowest BCUT2D eigenvalue weighted by molar-refractivity contribution is -0.156. The Hall–Kier alpha value is -4.01. The van der Waals surface area contributed by atoms with E-state index in [1.807, 2.05) is 48.5 Å². The number of carbonyl (C=O) groups is 5. The summed E-state index contributed by atoms with van der Waals surface area (Å²) < 4.78 is 0. The van der Waals surface area contributed by atoms with Crippen LogP contribution in [0.15, 0.2) is 60.7 Å². The molecule has 2 saturated carbocycles. The molecule has 0 aromatic heterocycles. The van der Waals surface area contributed by atoms with E-state index in [2.05, 4.69) is 27.7 Å². The summed E-state index contributed by atoms with van der Waals surface area (Å²) in [6.45, 7) is 3.45. The molecule has 3 amide bonds. The first-order valence-corrected chi connectivity index (χ1v) is 24.2. The number of likely N-dealkylation sites (N-methyl/N-ethyl adjacent to an activating group) is 1. The first-order chi connectivity index (χ1) is 30.5. The molecule has 8 N–H and O–H groups in total. The Balaban J connectivity index is 1.29. The highest BCUT2D eigenvalue weighted by atomic mass is 16.2. The smallest absolute Gasteiger partial charge is 0.251 e. The van der Waals surface area contributed by atoms with Gasteiger partial charge in [0, 0.05) is 39.3 Å². The lowest BCUT2D eigenvalue weighted by Crippen LogP contribution is -2.72. The molecule has 2 saturated heterocycles. The molecule has 2 aliphatic heterocycles. The fourth-order valence-corrected chi connectivity index (χ4v) is 11.0. The molecule has 346 valence electrons. The second-order valence-electron chi connectivity index (χ2n) is 19.0. The van der Waals surface area contributed by atoms with Gasteiger partial charge in [0.2, 0.25) is 11.8 Å². The van der Waals surface area contributed by atoms with Crippen LogP contribution in [0, 0.1) is 17.8 Å². The van der Waals surface area contributed by atoms with Gasteiger partial charge in [-0.2, -0.15) is 0 Å². The van der Waals surface area contributed by atoms with Crippen molar-refractivity contribution in [2.45, 2.75) is 145 Å². The minimum atomic E-state index is -2.20. The maximum absolute atomic E-state index is 15.7. The van der Waals surface area contributed by atoms with Crippen molar-refractivity contribution in [2.75, 3.05) is 46.3 Å². The molecular formula is C50H76N8O5. The van der Waals surface area contributed by atoms with E-state index in [0.29, 0.717) is 97.1 Å². The summed E-state index contributed by atoms with van der Waals surface area (Å²) in [5.41, 5.74) is 20.3. The van der Waals surface area contributed by atoms with E-state index in [-0.39, 0.29) is 29.4 Å². The van der Waals surface area contributed by atoms with Crippen LogP contribution in [-0.4, -0.2) is 120 Å². The number of nitrogens with two attached hydrogens (primary N) is 3. The molecule has 2 heterocycles.